The van der Waals surface area contributed by atoms with Crippen LogP contribution in [0.15, 0.2) is 35.5 Å². The summed E-state index contributed by atoms with van der Waals surface area (Å²) < 4.78 is 90.5. The zero-order valence-corrected chi connectivity index (χ0v) is 17.8. The van der Waals surface area contributed by atoms with Gasteiger partial charge in [0.25, 0.3) is 0 Å². The lowest BCUT2D eigenvalue weighted by Gasteiger charge is -2.41. The van der Waals surface area contributed by atoms with Crippen molar-refractivity contribution in [3.63, 3.8) is 0 Å². The number of carbonyl (C=O) groups is 1. The molecule has 1 amide bonds. The maximum Gasteiger partial charge on any atom is 0.424 e. The molecule has 3 N–H and O–H groups in total. The third-order valence-corrected chi connectivity index (χ3v) is 5.19. The van der Waals surface area contributed by atoms with E-state index >= 15 is 0 Å². The highest BCUT2D eigenvalue weighted by molar-refractivity contribution is 6.32. The highest BCUT2D eigenvalue weighted by Crippen LogP contribution is 2.41. The Bertz CT molecular complexity index is 1210. The first-order valence-corrected chi connectivity index (χ1v) is 9.51. The standard InChI is InChI=1S/C20H19ClF4N4O4/c1-18(9-32-19(2,16(26)29-18)20(23,24)25)12-6-10(4-5-14(12)22)28-17(30)33-15-13(21)7-11(31-3)8-27-15/h4-8H,9H2,1-3H3,(H2,26,29)(H,28,30)/t18-,19+/m0/s1/i3D3. The smallest absolute Gasteiger partial charge is 0.424 e. The Morgan fingerprint density at radius 1 is 1.36 bits per heavy atom. The third-order valence-electron chi connectivity index (χ3n) is 4.92. The molecule has 178 valence electrons. The van der Waals surface area contributed by atoms with Gasteiger partial charge in [-0.3, -0.25) is 10.3 Å². The fraction of sp³-hybridized carbons (Fsp3) is 0.350. The lowest BCUT2D eigenvalue weighted by Crippen LogP contribution is -2.60. The Hall–Kier alpha value is -3.12. The molecule has 0 saturated heterocycles. The Labute approximate surface area is 194 Å². The van der Waals surface area contributed by atoms with Crippen molar-refractivity contribution in [3.8, 4) is 11.6 Å². The summed E-state index contributed by atoms with van der Waals surface area (Å²) in [5.74, 6) is -2.29. The first kappa shape index (κ1) is 20.5. The lowest BCUT2D eigenvalue weighted by molar-refractivity contribution is -0.249. The number of anilines is 1. The van der Waals surface area contributed by atoms with Crippen LogP contribution in [-0.2, 0) is 10.3 Å². The van der Waals surface area contributed by atoms with E-state index in [4.69, 9.17) is 30.9 Å². The molecule has 0 aliphatic carbocycles. The minimum atomic E-state index is -4.85. The number of carbonyl (C=O) groups excluding carboxylic acids is 1. The maximum atomic E-state index is 14.6. The van der Waals surface area contributed by atoms with Crippen molar-refractivity contribution < 1.29 is 40.7 Å². The third kappa shape index (κ3) is 4.81. The molecule has 2 aromatic rings. The Kier molecular flexibility index (Phi) is 5.38. The number of benzene rings is 1. The number of ether oxygens (including phenoxy) is 3. The number of aromatic nitrogens is 1. The van der Waals surface area contributed by atoms with Crippen LogP contribution in [-0.4, -0.2) is 42.3 Å². The van der Waals surface area contributed by atoms with Crippen molar-refractivity contribution in [1.29, 1.82) is 0 Å². The fourth-order valence-electron chi connectivity index (χ4n) is 2.91. The molecule has 2 atom stereocenters. The average Bonchev–Trinajstić information content (AvgIpc) is 2.72. The SMILES string of the molecule is [2H]C([2H])([2H])Oc1cnc(OC(=O)Nc2ccc(F)c([C@]3(C)CO[C@@](C)(C(F)(F)F)C(N)=N3)c2)c(Cl)c1. The summed E-state index contributed by atoms with van der Waals surface area (Å²) in [6.07, 6.45) is -4.98. The Morgan fingerprint density at radius 3 is 2.70 bits per heavy atom. The second-order valence-corrected chi connectivity index (χ2v) is 7.77. The van der Waals surface area contributed by atoms with Gasteiger partial charge in [-0.05, 0) is 32.0 Å². The van der Waals surface area contributed by atoms with Gasteiger partial charge in [-0.15, -0.1) is 0 Å². The fourth-order valence-corrected chi connectivity index (χ4v) is 3.11. The number of nitrogens with one attached hydrogen (secondary N) is 1. The van der Waals surface area contributed by atoms with E-state index in [1.807, 2.05) is 0 Å². The molecule has 13 heteroatoms. The van der Waals surface area contributed by atoms with Gasteiger partial charge >= 0.3 is 12.3 Å². The number of aliphatic imine (C=N–C) groups is 1. The number of nitrogens with zero attached hydrogens (tertiary/aromatic N) is 2. The second kappa shape index (κ2) is 8.67. The number of hydrogen-bond donors (Lipinski definition) is 2. The zero-order chi connectivity index (χ0) is 27.1. The number of hydrogen-bond acceptors (Lipinski definition) is 7. The van der Waals surface area contributed by atoms with E-state index in [0.29, 0.717) is 0 Å². The van der Waals surface area contributed by atoms with E-state index in [1.165, 1.54) is 13.0 Å². The maximum absolute atomic E-state index is 14.6. The predicted octanol–water partition coefficient (Wildman–Crippen LogP) is 4.42. The van der Waals surface area contributed by atoms with E-state index in [-0.39, 0.29) is 27.9 Å². The van der Waals surface area contributed by atoms with Crippen molar-refractivity contribution in [2.75, 3.05) is 19.0 Å². The normalized spacial score (nSPS) is 24.7. The highest BCUT2D eigenvalue weighted by atomic mass is 35.5. The molecule has 0 fully saturated rings. The van der Waals surface area contributed by atoms with E-state index in [9.17, 15) is 22.4 Å². The topological polar surface area (TPSA) is 108 Å². The summed E-state index contributed by atoms with van der Waals surface area (Å²) in [6.45, 7) is 1.39. The van der Waals surface area contributed by atoms with Crippen LogP contribution in [0.1, 0.15) is 23.5 Å². The highest BCUT2D eigenvalue weighted by Gasteiger charge is 2.59. The van der Waals surface area contributed by atoms with E-state index < -0.39 is 48.7 Å². The summed E-state index contributed by atoms with van der Waals surface area (Å²) >= 11 is 5.94. The predicted molar refractivity (Wildman–Crippen MR) is 111 cm³/mol. The van der Waals surface area contributed by atoms with E-state index in [2.05, 4.69) is 20.0 Å². The molecule has 1 aromatic heterocycles. The number of amides is 1. The number of halogens is 5. The molecule has 0 bridgehead atoms. The monoisotopic (exact) mass is 493 g/mol. The lowest BCUT2D eigenvalue weighted by atomic mass is 9.89. The van der Waals surface area contributed by atoms with Crippen LogP contribution in [0.4, 0.5) is 28.0 Å². The number of pyridine rings is 1. The van der Waals surface area contributed by atoms with Crippen LogP contribution in [0.5, 0.6) is 11.6 Å². The summed E-state index contributed by atoms with van der Waals surface area (Å²) in [6, 6.07) is 4.34. The molecule has 0 spiro atoms. The number of amidine groups is 1. The quantitative estimate of drug-likeness (QED) is 0.610. The van der Waals surface area contributed by atoms with Gasteiger partial charge in [-0.25, -0.2) is 14.2 Å². The summed E-state index contributed by atoms with van der Waals surface area (Å²) in [7, 11) is -2.74. The van der Waals surface area contributed by atoms with E-state index in [0.717, 1.165) is 31.3 Å². The van der Waals surface area contributed by atoms with Crippen LogP contribution in [0.25, 0.3) is 0 Å². The van der Waals surface area contributed by atoms with Crippen LogP contribution in [0.3, 0.4) is 0 Å². The van der Waals surface area contributed by atoms with Gasteiger partial charge < -0.3 is 19.9 Å². The van der Waals surface area contributed by atoms with Gasteiger partial charge in [-0.2, -0.15) is 13.2 Å². The van der Waals surface area contributed by atoms with Gasteiger partial charge in [0.2, 0.25) is 11.5 Å². The van der Waals surface area contributed by atoms with Crippen molar-refractivity contribution in [2.45, 2.75) is 31.2 Å². The zero-order valence-electron chi connectivity index (χ0n) is 20.1. The van der Waals surface area contributed by atoms with Crippen molar-refractivity contribution >= 4 is 29.2 Å². The molecule has 33 heavy (non-hydrogen) atoms. The van der Waals surface area contributed by atoms with Crippen molar-refractivity contribution in [1.82, 2.24) is 4.98 Å². The summed E-state index contributed by atoms with van der Waals surface area (Å²) in [5.41, 5.74) is 0.885. The van der Waals surface area contributed by atoms with Gasteiger partial charge in [0.1, 0.15) is 28.0 Å². The van der Waals surface area contributed by atoms with Gasteiger partial charge in [0, 0.05) is 17.3 Å². The van der Waals surface area contributed by atoms with E-state index in [1.54, 1.807) is 0 Å². The Morgan fingerprint density at radius 2 is 2.09 bits per heavy atom. The van der Waals surface area contributed by atoms with Crippen molar-refractivity contribution in [3.05, 3.63) is 46.9 Å². The molecular formula is C20H19ClF4N4O4. The molecule has 0 radical (unpaired) electrons. The molecule has 0 saturated carbocycles. The number of nitrogens with two attached hydrogens (primary N) is 1. The molecule has 1 aliphatic rings. The van der Waals surface area contributed by atoms with Gasteiger partial charge in [-0.1, -0.05) is 11.6 Å². The largest absolute Gasteiger partial charge is 0.495 e. The average molecular weight is 494 g/mol. The number of rotatable bonds is 4. The van der Waals surface area contributed by atoms with Gasteiger partial charge in [0.05, 0.1) is 24.0 Å². The molecule has 0 unspecified atom stereocenters. The molecular weight excluding hydrogens is 472 g/mol. The molecule has 1 aliphatic heterocycles. The van der Waals surface area contributed by atoms with Crippen LogP contribution in [0, 0.1) is 5.82 Å². The van der Waals surface area contributed by atoms with Crippen LogP contribution >= 0.6 is 11.6 Å². The summed E-state index contributed by atoms with van der Waals surface area (Å²) in [4.78, 5) is 19.9. The van der Waals surface area contributed by atoms with Crippen molar-refractivity contribution in [2.24, 2.45) is 10.7 Å². The molecule has 8 nitrogen and oxygen atoms in total. The minimum Gasteiger partial charge on any atom is -0.495 e. The minimum absolute atomic E-state index is 0.00553. The van der Waals surface area contributed by atoms with Crippen LogP contribution < -0.4 is 20.5 Å². The van der Waals surface area contributed by atoms with Crippen LogP contribution in [0.2, 0.25) is 5.02 Å². The second-order valence-electron chi connectivity index (χ2n) is 7.36. The first-order chi connectivity index (χ1) is 16.4. The summed E-state index contributed by atoms with van der Waals surface area (Å²) in [5, 5.41) is 2.06. The molecule has 3 rings (SSSR count). The number of methoxy groups -OCH3 is 1. The Balaban J connectivity index is 1.79. The first-order valence-electron chi connectivity index (χ1n) is 10.6. The molecule has 2 heterocycles. The van der Waals surface area contributed by atoms with Gasteiger partial charge in [0.15, 0.2) is 0 Å². The molecule has 1 aromatic carbocycles. The number of alkyl halides is 3.